The first kappa shape index (κ1) is 25.7. The van der Waals surface area contributed by atoms with Crippen LogP contribution in [0.25, 0.3) is 22.2 Å². The normalized spacial score (nSPS) is 15.8. The molecule has 1 fully saturated rings. The molecular weight excluding hydrogens is 509 g/mol. The second kappa shape index (κ2) is 10.6. The molecule has 2 aliphatic rings. The van der Waals surface area contributed by atoms with Crippen LogP contribution in [0.4, 0.5) is 14.9 Å². The van der Waals surface area contributed by atoms with E-state index in [-0.39, 0.29) is 29.7 Å². The van der Waals surface area contributed by atoms with Gasteiger partial charge in [0.25, 0.3) is 5.91 Å². The zero-order chi connectivity index (χ0) is 27.8. The van der Waals surface area contributed by atoms with Gasteiger partial charge in [0.05, 0.1) is 17.8 Å². The van der Waals surface area contributed by atoms with Crippen LogP contribution in [-0.2, 0) is 6.42 Å². The van der Waals surface area contributed by atoms with Crippen LogP contribution in [0.15, 0.2) is 54.6 Å². The monoisotopic (exact) mass is 539 g/mol. The largest absolute Gasteiger partial charge is 0.490 e. The molecule has 204 valence electrons. The van der Waals surface area contributed by atoms with E-state index in [1.807, 2.05) is 25.1 Å². The number of carbonyl (C=O) groups excluding carboxylic acids is 2. The first-order valence-corrected chi connectivity index (χ1v) is 13.5. The number of amides is 3. The van der Waals surface area contributed by atoms with Crippen LogP contribution in [0.1, 0.15) is 53.0 Å². The summed E-state index contributed by atoms with van der Waals surface area (Å²) in [6.07, 6.45) is 2.46. The van der Waals surface area contributed by atoms with Gasteiger partial charge in [0.15, 0.2) is 0 Å². The zero-order valence-corrected chi connectivity index (χ0v) is 22.4. The number of halogens is 1. The first-order chi connectivity index (χ1) is 19.3. The van der Waals surface area contributed by atoms with Gasteiger partial charge in [-0.3, -0.25) is 9.78 Å². The molecule has 3 heterocycles. The Bertz CT molecular complexity index is 1620. The van der Waals surface area contributed by atoms with Crippen LogP contribution in [0.2, 0.25) is 0 Å². The maximum atomic E-state index is 13.5. The van der Waals surface area contributed by atoms with Crippen molar-refractivity contribution in [2.45, 2.75) is 45.1 Å². The number of benzene rings is 2. The van der Waals surface area contributed by atoms with Crippen molar-refractivity contribution in [1.29, 1.82) is 0 Å². The van der Waals surface area contributed by atoms with Gasteiger partial charge in [0.1, 0.15) is 17.3 Å². The van der Waals surface area contributed by atoms with E-state index in [2.05, 4.69) is 27.9 Å². The van der Waals surface area contributed by atoms with Crippen LogP contribution in [-0.4, -0.2) is 41.1 Å². The molecule has 1 aliphatic heterocycles. The highest BCUT2D eigenvalue weighted by Gasteiger charge is 2.26. The number of anilines is 1. The lowest BCUT2D eigenvalue weighted by Gasteiger charge is -2.13. The molecule has 1 aliphatic carbocycles. The van der Waals surface area contributed by atoms with E-state index in [0.29, 0.717) is 42.0 Å². The maximum absolute atomic E-state index is 13.5. The summed E-state index contributed by atoms with van der Waals surface area (Å²) < 4.78 is 19.4. The fraction of sp³-hybridized carbons (Fsp3) is 0.290. The summed E-state index contributed by atoms with van der Waals surface area (Å²) in [5, 5.41) is 9.53. The summed E-state index contributed by atoms with van der Waals surface area (Å²) in [7, 11) is 0. The van der Waals surface area contributed by atoms with E-state index in [0.717, 1.165) is 46.5 Å². The number of rotatable bonds is 7. The average molecular weight is 540 g/mol. The van der Waals surface area contributed by atoms with Gasteiger partial charge >= 0.3 is 6.03 Å². The summed E-state index contributed by atoms with van der Waals surface area (Å²) >= 11 is 0. The van der Waals surface area contributed by atoms with E-state index in [1.165, 1.54) is 12.1 Å². The number of hydrogen-bond acceptors (Lipinski definition) is 5. The van der Waals surface area contributed by atoms with Crippen LogP contribution < -0.4 is 20.7 Å². The second-order valence-electron chi connectivity index (χ2n) is 10.5. The van der Waals surface area contributed by atoms with Gasteiger partial charge in [-0.25, -0.2) is 14.2 Å². The number of urea groups is 1. The molecule has 40 heavy (non-hydrogen) atoms. The van der Waals surface area contributed by atoms with Gasteiger partial charge in [-0.05, 0) is 68.3 Å². The lowest BCUT2D eigenvalue weighted by atomic mass is 9.99. The molecule has 2 aromatic carbocycles. The van der Waals surface area contributed by atoms with Gasteiger partial charge in [-0.15, -0.1) is 0 Å². The van der Waals surface area contributed by atoms with Gasteiger partial charge < -0.3 is 20.7 Å². The Hall–Kier alpha value is -4.53. The molecule has 0 unspecified atom stereocenters. The first-order valence-electron chi connectivity index (χ1n) is 13.5. The zero-order valence-electron chi connectivity index (χ0n) is 22.4. The highest BCUT2D eigenvalue weighted by atomic mass is 19.1. The SMILES string of the molecule is Cc1ccc2cc(C(=O)NCCc3cc4c(c(-c5ccc(F)cc5)n3)OC[C@H]4C)cc(NC(=O)NC3CC3)c2n1. The molecule has 1 saturated carbocycles. The Labute approximate surface area is 231 Å². The predicted molar refractivity (Wildman–Crippen MR) is 151 cm³/mol. The molecule has 0 bridgehead atoms. The van der Waals surface area contributed by atoms with Gasteiger partial charge in [0, 0.05) is 58.4 Å². The highest BCUT2D eigenvalue weighted by Crippen LogP contribution is 2.41. The number of aryl methyl sites for hydroxylation is 1. The van der Waals surface area contributed by atoms with Crippen LogP contribution in [0.5, 0.6) is 5.75 Å². The second-order valence-corrected chi connectivity index (χ2v) is 10.5. The number of pyridine rings is 2. The standard InChI is InChI=1S/C31H30FN5O3/c1-17-16-40-29-25(17)15-24(35-28(29)19-5-7-22(32)8-6-19)11-12-33-30(38)21-13-20-4-3-18(2)34-27(20)26(14-21)37-31(39)36-23-9-10-23/h3-8,13-15,17,23H,9-12,16H2,1-2H3,(H,33,38)(H2,36,37,39)/t17-/m1/s1. The molecule has 0 saturated heterocycles. The van der Waals surface area contributed by atoms with Crippen LogP contribution >= 0.6 is 0 Å². The van der Waals surface area contributed by atoms with Crippen molar-refractivity contribution in [3.63, 3.8) is 0 Å². The van der Waals surface area contributed by atoms with Gasteiger partial charge in [0.2, 0.25) is 0 Å². The average Bonchev–Trinajstić information content (AvgIpc) is 3.68. The number of nitrogens with zero attached hydrogens (tertiary/aromatic N) is 2. The van der Waals surface area contributed by atoms with Crippen molar-refractivity contribution in [2.24, 2.45) is 0 Å². The maximum Gasteiger partial charge on any atom is 0.319 e. The summed E-state index contributed by atoms with van der Waals surface area (Å²) in [4.78, 5) is 35.1. The molecular formula is C31H30FN5O3. The molecule has 9 heteroatoms. The summed E-state index contributed by atoms with van der Waals surface area (Å²) in [5.41, 5.74) is 5.70. The minimum absolute atomic E-state index is 0.207. The number of aromatic nitrogens is 2. The third kappa shape index (κ3) is 5.45. The Morgan fingerprint density at radius 2 is 1.85 bits per heavy atom. The summed E-state index contributed by atoms with van der Waals surface area (Å²) in [6.45, 7) is 4.91. The number of carbonyl (C=O) groups is 2. The summed E-state index contributed by atoms with van der Waals surface area (Å²) in [5.74, 6) is 0.376. The fourth-order valence-electron chi connectivity index (χ4n) is 4.89. The third-order valence-corrected chi connectivity index (χ3v) is 7.20. The Morgan fingerprint density at radius 3 is 2.62 bits per heavy atom. The van der Waals surface area contributed by atoms with Gasteiger partial charge in [-0.2, -0.15) is 0 Å². The van der Waals surface area contributed by atoms with Crippen LogP contribution in [0, 0.1) is 12.7 Å². The van der Waals surface area contributed by atoms with E-state index >= 15 is 0 Å². The smallest absolute Gasteiger partial charge is 0.319 e. The molecule has 4 aromatic rings. The van der Waals surface area contributed by atoms with Crippen molar-refractivity contribution in [3.05, 3.63) is 82.9 Å². The van der Waals surface area contributed by atoms with Gasteiger partial charge in [-0.1, -0.05) is 13.0 Å². The van der Waals surface area contributed by atoms with Crippen molar-refractivity contribution >= 4 is 28.5 Å². The molecule has 6 rings (SSSR count). The topological polar surface area (TPSA) is 105 Å². The minimum Gasteiger partial charge on any atom is -0.490 e. The minimum atomic E-state index is -0.310. The molecule has 0 spiro atoms. The number of ether oxygens (including phenoxy) is 1. The van der Waals surface area contributed by atoms with Crippen molar-refractivity contribution < 1.29 is 18.7 Å². The Kier molecular flexibility index (Phi) is 6.79. The molecule has 8 nitrogen and oxygen atoms in total. The Morgan fingerprint density at radius 1 is 1.05 bits per heavy atom. The molecule has 3 N–H and O–H groups in total. The van der Waals surface area contributed by atoms with Crippen LogP contribution in [0.3, 0.4) is 0 Å². The molecule has 0 radical (unpaired) electrons. The third-order valence-electron chi connectivity index (χ3n) is 7.20. The number of fused-ring (bicyclic) bond motifs is 2. The quantitative estimate of drug-likeness (QED) is 0.288. The van der Waals surface area contributed by atoms with E-state index < -0.39 is 0 Å². The van der Waals surface area contributed by atoms with E-state index in [1.54, 1.807) is 24.3 Å². The lowest BCUT2D eigenvalue weighted by Crippen LogP contribution is -2.31. The van der Waals surface area contributed by atoms with Crippen molar-refractivity contribution in [2.75, 3.05) is 18.5 Å². The van der Waals surface area contributed by atoms with Crippen molar-refractivity contribution in [1.82, 2.24) is 20.6 Å². The fourth-order valence-corrected chi connectivity index (χ4v) is 4.89. The number of hydrogen-bond donors (Lipinski definition) is 3. The molecule has 3 amide bonds. The molecule has 2 aromatic heterocycles. The molecule has 1 atom stereocenters. The van der Waals surface area contributed by atoms with Crippen molar-refractivity contribution in [3.8, 4) is 17.0 Å². The Balaban J connectivity index is 1.20. The number of nitrogens with one attached hydrogen (secondary N) is 3. The predicted octanol–water partition coefficient (Wildman–Crippen LogP) is 5.50. The lowest BCUT2D eigenvalue weighted by molar-refractivity contribution is 0.0954. The van der Waals surface area contributed by atoms with E-state index in [9.17, 15) is 14.0 Å². The van der Waals surface area contributed by atoms with E-state index in [4.69, 9.17) is 9.72 Å². The highest BCUT2D eigenvalue weighted by molar-refractivity contribution is 6.05. The summed E-state index contributed by atoms with van der Waals surface area (Å²) in [6, 6.07) is 15.4.